The Morgan fingerprint density at radius 1 is 1.22 bits per heavy atom. The minimum atomic E-state index is -5.17. The van der Waals surface area contributed by atoms with Gasteiger partial charge >= 0.3 is 12.4 Å². The summed E-state index contributed by atoms with van der Waals surface area (Å²) in [5.41, 5.74) is 3.45. The van der Waals surface area contributed by atoms with Crippen molar-refractivity contribution in [2.24, 2.45) is 5.73 Å². The van der Waals surface area contributed by atoms with Crippen LogP contribution < -0.4 is 5.73 Å². The van der Waals surface area contributed by atoms with Crippen LogP contribution in [0.2, 0.25) is 0 Å². The summed E-state index contributed by atoms with van der Waals surface area (Å²) in [6.45, 7) is 1.94. The first-order chi connectivity index (χ1) is 14.8. The Labute approximate surface area is 183 Å². The van der Waals surface area contributed by atoms with Gasteiger partial charge in [0.2, 0.25) is 17.6 Å². The molecular formula is C18H21F6N5O2S. The highest BCUT2D eigenvalue weighted by molar-refractivity contribution is 8.00. The molecule has 0 saturated carbocycles. The van der Waals surface area contributed by atoms with Crippen molar-refractivity contribution in [3.05, 3.63) is 22.8 Å². The number of thioether (sulfide) groups is 1. The van der Waals surface area contributed by atoms with E-state index in [1.165, 1.54) is 11.8 Å². The van der Waals surface area contributed by atoms with E-state index in [4.69, 9.17) is 5.73 Å². The molecule has 1 aromatic rings. The third-order valence-corrected chi connectivity index (χ3v) is 6.28. The Bertz CT molecular complexity index is 894. The van der Waals surface area contributed by atoms with E-state index in [-0.39, 0.29) is 37.1 Å². The predicted octanol–water partition coefficient (Wildman–Crippen LogP) is 2.08. The summed E-state index contributed by atoms with van der Waals surface area (Å²) in [7, 11) is 0. The summed E-state index contributed by atoms with van der Waals surface area (Å²) in [6, 6.07) is -0.718. The van der Waals surface area contributed by atoms with E-state index in [0.29, 0.717) is 12.3 Å². The number of nitrogens with two attached hydrogens (primary N) is 1. The molecule has 0 radical (unpaired) electrons. The molecule has 2 atom stereocenters. The molecule has 2 aliphatic rings. The van der Waals surface area contributed by atoms with Gasteiger partial charge in [0, 0.05) is 42.9 Å². The number of aromatic nitrogens is 2. The molecule has 0 spiro atoms. The minimum Gasteiger partial charge on any atom is -0.339 e. The first-order valence-corrected chi connectivity index (χ1v) is 10.8. The first-order valence-electron chi connectivity index (χ1n) is 9.72. The lowest BCUT2D eigenvalue weighted by atomic mass is 10.0. The Hall–Kier alpha value is -2.09. The van der Waals surface area contributed by atoms with E-state index in [2.05, 4.69) is 9.97 Å². The quantitative estimate of drug-likeness (QED) is 0.657. The lowest BCUT2D eigenvalue weighted by Gasteiger charge is -2.33. The fourth-order valence-electron chi connectivity index (χ4n) is 3.65. The molecule has 1 saturated heterocycles. The largest absolute Gasteiger partial charge is 0.451 e. The zero-order chi connectivity index (χ0) is 23.8. The fourth-order valence-corrected chi connectivity index (χ4v) is 4.55. The molecule has 2 N–H and O–H groups in total. The smallest absolute Gasteiger partial charge is 0.339 e. The normalized spacial score (nSPS) is 20.9. The molecule has 3 heterocycles. The van der Waals surface area contributed by atoms with Crippen LogP contribution in [0.4, 0.5) is 26.3 Å². The molecule has 0 aliphatic carbocycles. The second-order valence-electron chi connectivity index (χ2n) is 7.77. The third-order valence-electron chi connectivity index (χ3n) is 5.15. The Morgan fingerprint density at radius 2 is 1.91 bits per heavy atom. The molecule has 1 aromatic heterocycles. The second-order valence-corrected chi connectivity index (χ2v) is 9.19. The molecule has 7 nitrogen and oxygen atoms in total. The van der Waals surface area contributed by atoms with Gasteiger partial charge in [0.25, 0.3) is 0 Å². The van der Waals surface area contributed by atoms with Crippen molar-refractivity contribution in [2.45, 2.75) is 50.0 Å². The van der Waals surface area contributed by atoms with Crippen molar-refractivity contribution >= 4 is 23.6 Å². The molecule has 0 bridgehead atoms. The van der Waals surface area contributed by atoms with E-state index in [1.54, 1.807) is 4.90 Å². The zero-order valence-corrected chi connectivity index (χ0v) is 17.8. The van der Waals surface area contributed by atoms with E-state index in [1.807, 2.05) is 6.92 Å². The van der Waals surface area contributed by atoms with Gasteiger partial charge < -0.3 is 15.5 Å². The molecule has 32 heavy (non-hydrogen) atoms. The Morgan fingerprint density at radius 3 is 2.53 bits per heavy atom. The molecule has 2 amide bonds. The van der Waals surface area contributed by atoms with Crippen LogP contribution in [0.15, 0.2) is 0 Å². The third kappa shape index (κ3) is 5.63. The van der Waals surface area contributed by atoms with Crippen LogP contribution in [0, 0.1) is 0 Å². The monoisotopic (exact) mass is 485 g/mol. The Kier molecular flexibility index (Phi) is 6.94. The highest BCUT2D eigenvalue weighted by Gasteiger charge is 2.43. The average molecular weight is 485 g/mol. The van der Waals surface area contributed by atoms with Gasteiger partial charge in [-0.15, -0.1) is 11.8 Å². The van der Waals surface area contributed by atoms with Gasteiger partial charge in [-0.25, -0.2) is 9.97 Å². The lowest BCUT2D eigenvalue weighted by Crippen LogP contribution is -2.49. The summed E-state index contributed by atoms with van der Waals surface area (Å²) in [4.78, 5) is 33.3. The molecule has 14 heteroatoms. The van der Waals surface area contributed by atoms with E-state index in [0.717, 1.165) is 4.90 Å². The second kappa shape index (κ2) is 9.04. The molecule has 0 aromatic carbocycles. The van der Waals surface area contributed by atoms with Crippen molar-refractivity contribution in [1.82, 2.24) is 19.8 Å². The van der Waals surface area contributed by atoms with Crippen molar-refractivity contribution in [3.8, 4) is 0 Å². The Balaban J connectivity index is 1.72. The highest BCUT2D eigenvalue weighted by Crippen LogP contribution is 2.36. The zero-order valence-electron chi connectivity index (χ0n) is 17.0. The summed E-state index contributed by atoms with van der Waals surface area (Å²) in [5, 5.41) is 0.222. The molecule has 2 aliphatic heterocycles. The molecule has 3 rings (SSSR count). The topological polar surface area (TPSA) is 92.4 Å². The number of alkyl halides is 6. The van der Waals surface area contributed by atoms with E-state index < -0.39 is 53.6 Å². The number of amides is 2. The average Bonchev–Trinajstić information content (AvgIpc) is 2.67. The number of halogens is 6. The fraction of sp³-hybridized carbons (Fsp3) is 0.667. The maximum absolute atomic E-state index is 13.3. The standard InChI is InChI=1S/C18H21F6N5O2S/c1-9-5-29(14(31)8-32-9)6-10(25)4-13(30)28-3-2-11-12(7-28)26-16(18(22,23)24)27-15(11)17(19,20)21/h9-10H,2-8,25H2,1H3/t9?,10-/m0/s1. The number of carbonyl (C=O) groups excluding carboxylic acids is 2. The van der Waals surface area contributed by atoms with E-state index >= 15 is 0 Å². The predicted molar refractivity (Wildman–Crippen MR) is 102 cm³/mol. The van der Waals surface area contributed by atoms with Crippen LogP contribution >= 0.6 is 11.8 Å². The molecule has 178 valence electrons. The lowest BCUT2D eigenvalue weighted by molar-refractivity contribution is -0.153. The maximum atomic E-state index is 13.3. The van der Waals surface area contributed by atoms with E-state index in [9.17, 15) is 35.9 Å². The molecular weight excluding hydrogens is 464 g/mol. The van der Waals surface area contributed by atoms with Crippen LogP contribution in [0.25, 0.3) is 0 Å². The van der Waals surface area contributed by atoms with Crippen molar-refractivity contribution in [2.75, 3.05) is 25.4 Å². The van der Waals surface area contributed by atoms with Crippen molar-refractivity contribution in [3.63, 3.8) is 0 Å². The summed E-state index contributed by atoms with van der Waals surface area (Å²) >= 11 is 1.51. The van der Waals surface area contributed by atoms with Crippen LogP contribution in [0.3, 0.4) is 0 Å². The first kappa shape index (κ1) is 24.6. The van der Waals surface area contributed by atoms with Crippen LogP contribution in [0.5, 0.6) is 0 Å². The van der Waals surface area contributed by atoms with Gasteiger partial charge in [0.15, 0.2) is 5.69 Å². The van der Waals surface area contributed by atoms with Crippen LogP contribution in [-0.2, 0) is 34.9 Å². The van der Waals surface area contributed by atoms with Gasteiger partial charge in [0.05, 0.1) is 18.0 Å². The number of fused-ring (bicyclic) bond motifs is 1. The van der Waals surface area contributed by atoms with Gasteiger partial charge in [-0.05, 0) is 6.42 Å². The van der Waals surface area contributed by atoms with Gasteiger partial charge in [-0.1, -0.05) is 6.92 Å². The molecule has 1 unspecified atom stereocenters. The van der Waals surface area contributed by atoms with Crippen molar-refractivity contribution < 1.29 is 35.9 Å². The van der Waals surface area contributed by atoms with Gasteiger partial charge in [-0.2, -0.15) is 26.3 Å². The van der Waals surface area contributed by atoms with Crippen LogP contribution in [-0.4, -0.2) is 68.3 Å². The highest BCUT2D eigenvalue weighted by atomic mass is 32.2. The summed E-state index contributed by atoms with van der Waals surface area (Å²) in [6.07, 6.45) is -10.8. The van der Waals surface area contributed by atoms with Gasteiger partial charge in [-0.3, -0.25) is 9.59 Å². The van der Waals surface area contributed by atoms with Crippen LogP contribution in [0.1, 0.15) is 36.1 Å². The van der Waals surface area contributed by atoms with Crippen molar-refractivity contribution in [1.29, 1.82) is 0 Å². The number of nitrogens with zero attached hydrogens (tertiary/aromatic N) is 4. The molecule has 1 fully saturated rings. The SMILES string of the molecule is CC1CN(C[C@@H](N)CC(=O)N2CCc3c(nc(C(F)(F)F)nc3C(F)(F)F)C2)C(=O)CS1. The number of carbonyl (C=O) groups is 2. The number of rotatable bonds is 4. The minimum absolute atomic E-state index is 0.0982. The number of hydrogen-bond acceptors (Lipinski definition) is 6. The number of hydrogen-bond donors (Lipinski definition) is 1. The summed E-state index contributed by atoms with van der Waals surface area (Å²) < 4.78 is 78.8. The van der Waals surface area contributed by atoms with Gasteiger partial charge in [0.1, 0.15) is 0 Å². The maximum Gasteiger partial charge on any atom is 0.451 e. The summed E-state index contributed by atoms with van der Waals surface area (Å²) in [5.74, 6) is -2.21.